The molecule has 0 bridgehead atoms. The molecule has 0 aromatic carbocycles. The van der Waals surface area contributed by atoms with Gasteiger partial charge in [0.05, 0.1) is 0 Å². The minimum absolute atomic E-state index is 0.0150. The number of amides is 1. The first-order valence-corrected chi connectivity index (χ1v) is 5.26. The van der Waals surface area contributed by atoms with Crippen LogP contribution in [0.25, 0.3) is 0 Å². The number of hydrogen-bond donors (Lipinski definition) is 1. The molecule has 0 aliphatic carbocycles. The number of nitrogens with one attached hydrogen (secondary N) is 1. The molecule has 1 unspecified atom stereocenters. The van der Waals surface area contributed by atoms with Gasteiger partial charge in [0.2, 0.25) is 0 Å². The smallest absolute Gasteiger partial charge is 0.407 e. The summed E-state index contributed by atoms with van der Waals surface area (Å²) in [6, 6.07) is 0. The molecule has 1 aliphatic heterocycles. The summed E-state index contributed by atoms with van der Waals surface area (Å²) in [6.07, 6.45) is 0.611. The molecule has 14 heavy (non-hydrogen) atoms. The maximum atomic E-state index is 11.3. The van der Waals surface area contributed by atoms with Gasteiger partial charge in [0.1, 0.15) is 5.60 Å². The Labute approximate surface area is 86.2 Å². The fourth-order valence-electron chi connectivity index (χ4n) is 2.40. The summed E-state index contributed by atoms with van der Waals surface area (Å²) in [5.41, 5.74) is -0.339. The number of rotatable bonds is 1. The first-order valence-electron chi connectivity index (χ1n) is 5.26. The van der Waals surface area contributed by atoms with E-state index in [1.54, 1.807) is 0 Å². The van der Waals surface area contributed by atoms with Crippen LogP contribution < -0.4 is 5.32 Å². The predicted octanol–water partition coefficient (Wildman–Crippen LogP) is 2.56. The summed E-state index contributed by atoms with van der Waals surface area (Å²) in [5.74, 6) is 0.341. The van der Waals surface area contributed by atoms with Gasteiger partial charge in [-0.2, -0.15) is 0 Å². The molecule has 1 N–H and O–H groups in total. The standard InChI is InChI=1S/C11H21NO2/c1-8(2)11(10(3,4)5)6-7-12-9(13)14-11/h8H,6-7H2,1-5H3,(H,12,13). The first-order chi connectivity index (χ1) is 6.29. The number of carbonyl (C=O) groups is 1. The van der Waals surface area contributed by atoms with Gasteiger partial charge in [-0.15, -0.1) is 0 Å². The van der Waals surface area contributed by atoms with Crippen molar-refractivity contribution in [2.75, 3.05) is 6.54 Å². The highest BCUT2D eigenvalue weighted by atomic mass is 16.6. The average Bonchev–Trinajstić information content (AvgIpc) is 2.01. The average molecular weight is 199 g/mol. The summed E-state index contributed by atoms with van der Waals surface area (Å²) < 4.78 is 5.55. The van der Waals surface area contributed by atoms with Gasteiger partial charge in [-0.1, -0.05) is 34.6 Å². The van der Waals surface area contributed by atoms with Crippen LogP contribution in [-0.4, -0.2) is 18.2 Å². The Morgan fingerprint density at radius 1 is 1.43 bits per heavy atom. The Bertz CT molecular complexity index is 230. The molecule has 3 heteroatoms. The molecule has 1 aliphatic rings. The van der Waals surface area contributed by atoms with Gasteiger partial charge in [0.15, 0.2) is 0 Å². The van der Waals surface area contributed by atoms with Crippen LogP contribution >= 0.6 is 0 Å². The zero-order valence-electron chi connectivity index (χ0n) is 9.81. The zero-order valence-corrected chi connectivity index (χ0v) is 9.81. The number of carbonyl (C=O) groups excluding carboxylic acids is 1. The van der Waals surface area contributed by atoms with Crippen LogP contribution in [0.4, 0.5) is 4.79 Å². The van der Waals surface area contributed by atoms with Crippen molar-refractivity contribution in [2.24, 2.45) is 11.3 Å². The van der Waals surface area contributed by atoms with E-state index in [1.807, 2.05) is 0 Å². The molecule has 82 valence electrons. The van der Waals surface area contributed by atoms with Crippen LogP contribution in [0.5, 0.6) is 0 Å². The molecule has 1 heterocycles. The van der Waals surface area contributed by atoms with E-state index >= 15 is 0 Å². The van der Waals surface area contributed by atoms with Crippen LogP contribution in [0.1, 0.15) is 41.0 Å². The third-order valence-electron chi connectivity index (χ3n) is 3.24. The second kappa shape index (κ2) is 3.44. The molecule has 1 rings (SSSR count). The van der Waals surface area contributed by atoms with Gasteiger partial charge < -0.3 is 10.1 Å². The first kappa shape index (κ1) is 11.3. The molecule has 0 aromatic heterocycles. The van der Waals surface area contributed by atoms with Crippen LogP contribution in [0.15, 0.2) is 0 Å². The van der Waals surface area contributed by atoms with E-state index in [1.165, 1.54) is 0 Å². The molecule has 3 nitrogen and oxygen atoms in total. The number of hydrogen-bond acceptors (Lipinski definition) is 2. The van der Waals surface area contributed by atoms with Crippen molar-refractivity contribution in [3.05, 3.63) is 0 Å². The van der Waals surface area contributed by atoms with Crippen molar-refractivity contribution in [1.82, 2.24) is 5.32 Å². The van der Waals surface area contributed by atoms with Gasteiger partial charge in [-0.25, -0.2) is 4.79 Å². The van der Waals surface area contributed by atoms with Gasteiger partial charge >= 0.3 is 6.09 Å². The van der Waals surface area contributed by atoms with Crippen LogP contribution in [0.2, 0.25) is 0 Å². The summed E-state index contributed by atoms with van der Waals surface area (Å²) in [6.45, 7) is 11.3. The molecule has 0 aromatic rings. The summed E-state index contributed by atoms with van der Waals surface area (Å²) in [7, 11) is 0. The molecule has 1 fully saturated rings. The normalized spacial score (nSPS) is 28.6. The third-order valence-corrected chi connectivity index (χ3v) is 3.24. The van der Waals surface area contributed by atoms with Gasteiger partial charge in [0, 0.05) is 18.4 Å². The van der Waals surface area contributed by atoms with Crippen LogP contribution in [0, 0.1) is 11.3 Å². The molecule has 1 amide bonds. The van der Waals surface area contributed by atoms with Crippen molar-refractivity contribution in [3.63, 3.8) is 0 Å². The van der Waals surface area contributed by atoms with Crippen LogP contribution in [0.3, 0.4) is 0 Å². The Kier molecular flexibility index (Phi) is 2.79. The maximum absolute atomic E-state index is 11.3. The summed E-state index contributed by atoms with van der Waals surface area (Å²) in [4.78, 5) is 11.3. The van der Waals surface area contributed by atoms with Gasteiger partial charge in [-0.05, 0) is 5.92 Å². The van der Waals surface area contributed by atoms with Crippen molar-refractivity contribution in [3.8, 4) is 0 Å². The third kappa shape index (κ3) is 1.72. The minimum atomic E-state index is -0.324. The lowest BCUT2D eigenvalue weighted by Crippen LogP contribution is -2.57. The van der Waals surface area contributed by atoms with Crippen LogP contribution in [-0.2, 0) is 4.74 Å². The lowest BCUT2D eigenvalue weighted by atomic mass is 9.67. The Balaban J connectivity index is 2.98. The fourth-order valence-corrected chi connectivity index (χ4v) is 2.40. The van der Waals surface area contributed by atoms with E-state index in [2.05, 4.69) is 39.9 Å². The van der Waals surface area contributed by atoms with E-state index in [9.17, 15) is 4.79 Å². The van der Waals surface area contributed by atoms with Gasteiger partial charge in [-0.3, -0.25) is 0 Å². The van der Waals surface area contributed by atoms with Crippen molar-refractivity contribution in [2.45, 2.75) is 46.6 Å². The van der Waals surface area contributed by atoms with Crippen molar-refractivity contribution in [1.29, 1.82) is 0 Å². The monoisotopic (exact) mass is 199 g/mol. The van der Waals surface area contributed by atoms with Crippen molar-refractivity contribution < 1.29 is 9.53 Å². The highest BCUT2D eigenvalue weighted by Crippen LogP contribution is 2.43. The quantitative estimate of drug-likeness (QED) is 0.704. The summed E-state index contributed by atoms with van der Waals surface area (Å²) in [5, 5.41) is 2.70. The zero-order chi connectivity index (χ0) is 11.0. The lowest BCUT2D eigenvalue weighted by molar-refractivity contribution is -0.118. The number of cyclic esters (lactones) is 1. The second-order valence-corrected chi connectivity index (χ2v) is 5.36. The second-order valence-electron chi connectivity index (χ2n) is 5.36. The molecule has 0 spiro atoms. The topological polar surface area (TPSA) is 38.3 Å². The summed E-state index contributed by atoms with van der Waals surface area (Å²) >= 11 is 0. The molecule has 0 radical (unpaired) electrons. The van der Waals surface area contributed by atoms with E-state index < -0.39 is 0 Å². The Hall–Kier alpha value is -0.730. The van der Waals surface area contributed by atoms with Gasteiger partial charge in [0.25, 0.3) is 0 Å². The molecular weight excluding hydrogens is 178 g/mol. The number of alkyl carbamates (subject to hydrolysis) is 1. The van der Waals surface area contributed by atoms with E-state index in [-0.39, 0.29) is 17.1 Å². The minimum Gasteiger partial charge on any atom is -0.442 e. The Morgan fingerprint density at radius 2 is 2.00 bits per heavy atom. The highest BCUT2D eigenvalue weighted by molar-refractivity contribution is 5.68. The van der Waals surface area contributed by atoms with E-state index in [0.717, 1.165) is 6.42 Å². The largest absolute Gasteiger partial charge is 0.442 e. The Morgan fingerprint density at radius 3 is 2.29 bits per heavy atom. The highest BCUT2D eigenvalue weighted by Gasteiger charge is 2.49. The predicted molar refractivity (Wildman–Crippen MR) is 56.1 cm³/mol. The fraction of sp³-hybridized carbons (Fsp3) is 0.909. The van der Waals surface area contributed by atoms with E-state index in [0.29, 0.717) is 12.5 Å². The lowest BCUT2D eigenvalue weighted by Gasteiger charge is -2.49. The molecule has 1 saturated heterocycles. The SMILES string of the molecule is CC(C)C1(C(C)(C)C)CCNC(=O)O1. The van der Waals surface area contributed by atoms with Crippen molar-refractivity contribution >= 4 is 6.09 Å². The van der Waals surface area contributed by atoms with E-state index in [4.69, 9.17) is 4.74 Å². The molecule has 0 saturated carbocycles. The maximum Gasteiger partial charge on any atom is 0.407 e. The molecule has 1 atom stereocenters. The molecular formula is C11H21NO2. The number of ether oxygens (including phenoxy) is 1.